The predicted octanol–water partition coefficient (Wildman–Crippen LogP) is -0.237. The third-order valence-corrected chi connectivity index (χ3v) is 4.22. The van der Waals surface area contributed by atoms with Gasteiger partial charge in [-0.25, -0.2) is 8.42 Å². The highest BCUT2D eigenvalue weighted by Crippen LogP contribution is 2.09. The Labute approximate surface area is 107 Å². The molecular weight excluding hydrogens is 262 g/mol. The van der Waals surface area contributed by atoms with E-state index < -0.39 is 33.8 Å². The van der Waals surface area contributed by atoms with E-state index in [0.717, 1.165) is 4.31 Å². The first-order chi connectivity index (χ1) is 8.24. The number of hydrogen-bond donors (Lipinski definition) is 0. The van der Waals surface area contributed by atoms with E-state index in [-0.39, 0.29) is 13.0 Å². The lowest BCUT2D eigenvalue weighted by Gasteiger charge is -2.24. The van der Waals surface area contributed by atoms with Gasteiger partial charge in [0.1, 0.15) is 6.54 Å². The lowest BCUT2D eigenvalue weighted by molar-refractivity contribution is -0.141. The van der Waals surface area contributed by atoms with Gasteiger partial charge in [-0.1, -0.05) is 0 Å². The van der Waals surface area contributed by atoms with E-state index in [9.17, 15) is 18.0 Å². The second-order valence-corrected chi connectivity index (χ2v) is 5.90. The molecule has 0 bridgehead atoms. The van der Waals surface area contributed by atoms with Crippen molar-refractivity contribution in [2.45, 2.75) is 26.3 Å². The SMILES string of the molecule is COC(=O)CCS(=O)(=O)N(CC(=O)OC)C(C)C. The van der Waals surface area contributed by atoms with Crippen molar-refractivity contribution in [3.63, 3.8) is 0 Å². The largest absolute Gasteiger partial charge is 0.469 e. The number of carbonyl (C=O) groups excluding carboxylic acids is 2. The molecule has 0 aromatic rings. The first-order valence-corrected chi connectivity index (χ1v) is 6.98. The number of nitrogens with zero attached hydrogens (tertiary/aromatic N) is 1. The fraction of sp³-hybridized carbons (Fsp3) is 0.800. The second-order valence-electron chi connectivity index (χ2n) is 3.86. The molecule has 0 amide bonds. The van der Waals surface area contributed by atoms with Crippen LogP contribution in [0.2, 0.25) is 0 Å². The summed E-state index contributed by atoms with van der Waals surface area (Å²) in [5.41, 5.74) is 0. The van der Waals surface area contributed by atoms with Gasteiger partial charge in [-0.05, 0) is 13.8 Å². The Morgan fingerprint density at radius 2 is 1.61 bits per heavy atom. The molecule has 0 aliphatic carbocycles. The molecule has 0 rings (SSSR count). The molecule has 0 heterocycles. The zero-order valence-electron chi connectivity index (χ0n) is 11.0. The molecule has 0 aromatic carbocycles. The lowest BCUT2D eigenvalue weighted by Crippen LogP contribution is -2.42. The second kappa shape index (κ2) is 7.32. The smallest absolute Gasteiger partial charge is 0.321 e. The average Bonchev–Trinajstić information content (AvgIpc) is 2.31. The molecule has 0 radical (unpaired) electrons. The lowest BCUT2D eigenvalue weighted by atomic mass is 10.4. The molecule has 0 saturated heterocycles. The van der Waals surface area contributed by atoms with Crippen LogP contribution in [0.3, 0.4) is 0 Å². The highest BCUT2D eigenvalue weighted by molar-refractivity contribution is 7.89. The number of rotatable bonds is 7. The minimum Gasteiger partial charge on any atom is -0.469 e. The van der Waals surface area contributed by atoms with Gasteiger partial charge in [-0.3, -0.25) is 9.59 Å². The van der Waals surface area contributed by atoms with Gasteiger partial charge in [0.15, 0.2) is 0 Å². The monoisotopic (exact) mass is 281 g/mol. The first-order valence-electron chi connectivity index (χ1n) is 5.37. The number of hydrogen-bond acceptors (Lipinski definition) is 6. The summed E-state index contributed by atoms with van der Waals surface area (Å²) in [5, 5.41) is 0. The zero-order chi connectivity index (χ0) is 14.3. The number of carbonyl (C=O) groups is 2. The summed E-state index contributed by atoms with van der Waals surface area (Å²) in [7, 11) is -1.33. The Morgan fingerprint density at radius 1 is 1.11 bits per heavy atom. The minimum atomic E-state index is -3.70. The maximum atomic E-state index is 12.0. The molecule has 0 aliphatic rings. The third-order valence-electron chi connectivity index (χ3n) is 2.24. The van der Waals surface area contributed by atoms with E-state index >= 15 is 0 Å². The maximum Gasteiger partial charge on any atom is 0.321 e. The highest BCUT2D eigenvalue weighted by atomic mass is 32.2. The van der Waals surface area contributed by atoms with Gasteiger partial charge in [0.25, 0.3) is 0 Å². The van der Waals surface area contributed by atoms with E-state index in [2.05, 4.69) is 9.47 Å². The molecule has 0 spiro atoms. The van der Waals surface area contributed by atoms with Gasteiger partial charge in [0.05, 0.1) is 26.4 Å². The molecule has 7 nitrogen and oxygen atoms in total. The number of sulfonamides is 1. The normalized spacial score (nSPS) is 11.7. The molecule has 0 saturated carbocycles. The van der Waals surface area contributed by atoms with Crippen molar-refractivity contribution in [1.82, 2.24) is 4.31 Å². The number of esters is 2. The van der Waals surface area contributed by atoms with Gasteiger partial charge in [0, 0.05) is 6.04 Å². The summed E-state index contributed by atoms with van der Waals surface area (Å²) in [6, 6.07) is -0.397. The molecule has 8 heteroatoms. The van der Waals surface area contributed by atoms with E-state index in [1.54, 1.807) is 13.8 Å². The molecule has 0 aliphatic heterocycles. The summed E-state index contributed by atoms with van der Waals surface area (Å²) < 4.78 is 33.7. The van der Waals surface area contributed by atoms with Crippen LogP contribution in [0.25, 0.3) is 0 Å². The Hall–Kier alpha value is -1.15. The van der Waals surface area contributed by atoms with Gasteiger partial charge in [-0.15, -0.1) is 0 Å². The van der Waals surface area contributed by atoms with Crippen LogP contribution in [0.1, 0.15) is 20.3 Å². The third kappa shape index (κ3) is 5.46. The molecule has 106 valence electrons. The number of ether oxygens (including phenoxy) is 2. The van der Waals surface area contributed by atoms with Gasteiger partial charge >= 0.3 is 11.9 Å². The van der Waals surface area contributed by atoms with Crippen molar-refractivity contribution in [2.75, 3.05) is 26.5 Å². The molecule has 18 heavy (non-hydrogen) atoms. The Morgan fingerprint density at radius 3 is 2.00 bits per heavy atom. The van der Waals surface area contributed by atoms with Gasteiger partial charge in [-0.2, -0.15) is 4.31 Å². The fourth-order valence-corrected chi connectivity index (χ4v) is 2.83. The maximum absolute atomic E-state index is 12.0. The first kappa shape index (κ1) is 16.9. The van der Waals surface area contributed by atoms with Crippen LogP contribution in [0.4, 0.5) is 0 Å². The number of methoxy groups -OCH3 is 2. The van der Waals surface area contributed by atoms with E-state index in [1.807, 2.05) is 0 Å². The van der Waals surface area contributed by atoms with E-state index in [0.29, 0.717) is 0 Å². The van der Waals surface area contributed by atoms with Gasteiger partial charge < -0.3 is 9.47 Å². The van der Waals surface area contributed by atoms with Crippen LogP contribution < -0.4 is 0 Å². The average molecular weight is 281 g/mol. The van der Waals surface area contributed by atoms with Crippen LogP contribution in [-0.2, 0) is 29.1 Å². The topological polar surface area (TPSA) is 90.0 Å². The summed E-state index contributed by atoms with van der Waals surface area (Å²) in [4.78, 5) is 22.1. The molecule has 0 atom stereocenters. The summed E-state index contributed by atoms with van der Waals surface area (Å²) in [5.74, 6) is -1.65. The molecule has 0 fully saturated rings. The quantitative estimate of drug-likeness (QED) is 0.598. The van der Waals surface area contributed by atoms with Crippen molar-refractivity contribution in [2.24, 2.45) is 0 Å². The fourth-order valence-electron chi connectivity index (χ4n) is 1.23. The Balaban J connectivity index is 4.77. The standard InChI is InChI=1S/C10H19NO6S/c1-8(2)11(7-10(13)17-4)18(14,15)6-5-9(12)16-3/h8H,5-7H2,1-4H3. The van der Waals surface area contributed by atoms with Crippen molar-refractivity contribution in [1.29, 1.82) is 0 Å². The Kier molecular flexibility index (Phi) is 6.85. The van der Waals surface area contributed by atoms with Crippen LogP contribution in [0, 0.1) is 0 Å². The minimum absolute atomic E-state index is 0.247. The van der Waals surface area contributed by atoms with Crippen LogP contribution in [0.5, 0.6) is 0 Å². The van der Waals surface area contributed by atoms with Crippen molar-refractivity contribution in [3.8, 4) is 0 Å². The summed E-state index contributed by atoms with van der Waals surface area (Å²) in [6.45, 7) is 2.91. The van der Waals surface area contributed by atoms with Crippen molar-refractivity contribution < 1.29 is 27.5 Å². The summed E-state index contributed by atoms with van der Waals surface area (Å²) in [6.07, 6.45) is -0.247. The van der Waals surface area contributed by atoms with Crippen molar-refractivity contribution in [3.05, 3.63) is 0 Å². The van der Waals surface area contributed by atoms with Crippen molar-refractivity contribution >= 4 is 22.0 Å². The van der Waals surface area contributed by atoms with E-state index in [1.165, 1.54) is 14.2 Å². The van der Waals surface area contributed by atoms with Crippen LogP contribution in [0.15, 0.2) is 0 Å². The van der Waals surface area contributed by atoms with Crippen LogP contribution >= 0.6 is 0 Å². The molecule has 0 aromatic heterocycles. The van der Waals surface area contributed by atoms with E-state index in [4.69, 9.17) is 0 Å². The van der Waals surface area contributed by atoms with Crippen LogP contribution in [-0.4, -0.2) is 57.2 Å². The summed E-state index contributed by atoms with van der Waals surface area (Å²) >= 11 is 0. The zero-order valence-corrected chi connectivity index (χ0v) is 11.8. The molecular formula is C10H19NO6S. The Bertz CT molecular complexity index is 389. The van der Waals surface area contributed by atoms with Gasteiger partial charge in [0.2, 0.25) is 10.0 Å². The molecule has 0 unspecified atom stereocenters. The molecule has 0 N–H and O–H groups in total. The highest BCUT2D eigenvalue weighted by Gasteiger charge is 2.28. The predicted molar refractivity (Wildman–Crippen MR) is 64.3 cm³/mol.